The number of halogens is 5. The molecular weight excluding hydrogens is 559 g/mol. The van der Waals surface area contributed by atoms with Crippen molar-refractivity contribution in [3.8, 4) is 17.5 Å². The normalized spacial score (nSPS) is 18.4. The molecule has 0 unspecified atom stereocenters. The third kappa shape index (κ3) is 7.10. The lowest BCUT2D eigenvalue weighted by Crippen LogP contribution is -2.34. The molecule has 1 aromatic heterocycles. The van der Waals surface area contributed by atoms with E-state index in [-0.39, 0.29) is 40.9 Å². The first-order valence-electron chi connectivity index (χ1n) is 12.6. The van der Waals surface area contributed by atoms with Crippen LogP contribution >= 0.6 is 0 Å². The topological polar surface area (TPSA) is 114 Å². The standard InChI is InChI=1S/C26H31F5N4O4S/c1-15-34-22(23(36)33-14-16-5-8-18(9-6-16)40(4,37)38)20(13-32)35(15)19-10-7-17(11-21(19)39-24(27)28)12-25(2,3)26(29,30)31/h7,10-11,16,18,24H,5-6,8-9,12,14H2,1-4H3,(H,33,36)/t16-,18-. The maximum absolute atomic E-state index is 13.4. The van der Waals surface area contributed by atoms with Crippen LogP contribution in [0.25, 0.3) is 5.69 Å². The summed E-state index contributed by atoms with van der Waals surface area (Å²) in [4.78, 5) is 17.1. The zero-order valence-electron chi connectivity index (χ0n) is 22.5. The van der Waals surface area contributed by atoms with Gasteiger partial charge in [-0.25, -0.2) is 13.4 Å². The number of sulfone groups is 1. The van der Waals surface area contributed by atoms with Gasteiger partial charge in [0, 0.05) is 12.8 Å². The van der Waals surface area contributed by atoms with Crippen molar-refractivity contribution in [3.63, 3.8) is 0 Å². The zero-order chi connectivity index (χ0) is 30.0. The minimum Gasteiger partial charge on any atom is -0.433 e. The van der Waals surface area contributed by atoms with E-state index in [0.717, 1.165) is 24.5 Å². The van der Waals surface area contributed by atoms with Gasteiger partial charge in [-0.3, -0.25) is 9.36 Å². The van der Waals surface area contributed by atoms with Gasteiger partial charge in [-0.15, -0.1) is 0 Å². The number of carbonyl (C=O) groups is 1. The van der Waals surface area contributed by atoms with E-state index < -0.39 is 51.4 Å². The molecule has 1 aliphatic rings. The molecule has 1 heterocycles. The van der Waals surface area contributed by atoms with E-state index in [1.807, 2.05) is 6.07 Å². The predicted molar refractivity (Wildman–Crippen MR) is 136 cm³/mol. The number of rotatable bonds is 9. The number of carbonyl (C=O) groups excluding carboxylic acids is 1. The summed E-state index contributed by atoms with van der Waals surface area (Å²) < 4.78 is 96.0. The van der Waals surface area contributed by atoms with Crippen LogP contribution in [0.1, 0.15) is 67.1 Å². The lowest BCUT2D eigenvalue weighted by molar-refractivity contribution is -0.211. The molecule has 0 atom stereocenters. The first-order chi connectivity index (χ1) is 18.4. The fourth-order valence-corrected chi connectivity index (χ4v) is 5.96. The molecule has 1 amide bonds. The van der Waals surface area contributed by atoms with E-state index in [2.05, 4.69) is 15.0 Å². The highest BCUT2D eigenvalue weighted by molar-refractivity contribution is 7.91. The van der Waals surface area contributed by atoms with Crippen molar-refractivity contribution in [2.75, 3.05) is 12.8 Å². The Bertz CT molecular complexity index is 1390. The molecular formula is C26H31F5N4O4S. The third-order valence-corrected chi connectivity index (χ3v) is 8.89. The Morgan fingerprint density at radius 1 is 1.23 bits per heavy atom. The summed E-state index contributed by atoms with van der Waals surface area (Å²) in [5.41, 5.74) is -2.67. The molecule has 0 spiro atoms. The maximum Gasteiger partial charge on any atom is 0.394 e. The van der Waals surface area contributed by atoms with Crippen molar-refractivity contribution >= 4 is 15.7 Å². The van der Waals surface area contributed by atoms with Crippen molar-refractivity contribution < 1.29 is 39.9 Å². The molecule has 1 N–H and O–H groups in total. The lowest BCUT2D eigenvalue weighted by Gasteiger charge is -2.28. The number of benzene rings is 1. The predicted octanol–water partition coefficient (Wildman–Crippen LogP) is 5.12. The number of ether oxygens (including phenoxy) is 1. The second-order valence-electron chi connectivity index (χ2n) is 10.7. The Kier molecular flexibility index (Phi) is 9.18. The number of imidazole rings is 1. The Hall–Kier alpha value is -3.21. The number of aryl methyl sites for hydroxylation is 1. The summed E-state index contributed by atoms with van der Waals surface area (Å²) in [5.74, 6) is -1.02. The summed E-state index contributed by atoms with van der Waals surface area (Å²) in [6, 6.07) is 5.48. The number of amides is 1. The molecule has 3 rings (SSSR count). The van der Waals surface area contributed by atoms with Crippen LogP contribution in [-0.2, 0) is 16.3 Å². The summed E-state index contributed by atoms with van der Waals surface area (Å²) in [7, 11) is -3.13. The molecule has 0 radical (unpaired) electrons. The van der Waals surface area contributed by atoms with Crippen molar-refractivity contribution in [1.29, 1.82) is 5.26 Å². The minimum absolute atomic E-state index is 0.0372. The molecule has 1 fully saturated rings. The molecule has 40 heavy (non-hydrogen) atoms. The molecule has 2 aromatic rings. The van der Waals surface area contributed by atoms with Gasteiger partial charge in [-0.1, -0.05) is 19.9 Å². The molecule has 1 aromatic carbocycles. The molecule has 0 bridgehead atoms. The highest BCUT2D eigenvalue weighted by atomic mass is 32.2. The van der Waals surface area contributed by atoms with Gasteiger partial charge in [0.05, 0.1) is 16.4 Å². The highest BCUT2D eigenvalue weighted by Gasteiger charge is 2.47. The van der Waals surface area contributed by atoms with Crippen LogP contribution in [-0.4, -0.2) is 54.7 Å². The Balaban J connectivity index is 1.87. The van der Waals surface area contributed by atoms with E-state index in [4.69, 9.17) is 0 Å². The number of hydrogen-bond donors (Lipinski definition) is 1. The van der Waals surface area contributed by atoms with Crippen LogP contribution in [0, 0.1) is 29.6 Å². The van der Waals surface area contributed by atoms with Crippen molar-refractivity contribution in [2.45, 2.75) is 70.9 Å². The number of alkyl halides is 5. The van der Waals surface area contributed by atoms with Crippen LogP contribution in [0.5, 0.6) is 5.75 Å². The second kappa shape index (κ2) is 11.7. The Morgan fingerprint density at radius 2 is 1.85 bits per heavy atom. The number of aromatic nitrogens is 2. The van der Waals surface area contributed by atoms with E-state index in [1.165, 1.54) is 25.3 Å². The summed E-state index contributed by atoms with van der Waals surface area (Å²) >= 11 is 0. The van der Waals surface area contributed by atoms with E-state index in [0.29, 0.717) is 25.7 Å². The van der Waals surface area contributed by atoms with Gasteiger partial charge < -0.3 is 10.1 Å². The lowest BCUT2D eigenvalue weighted by atomic mass is 9.85. The number of hydrogen-bond acceptors (Lipinski definition) is 6. The molecule has 0 aliphatic heterocycles. The van der Waals surface area contributed by atoms with Gasteiger partial charge >= 0.3 is 12.8 Å². The molecule has 0 saturated heterocycles. The van der Waals surface area contributed by atoms with Crippen molar-refractivity contribution in [1.82, 2.24) is 14.9 Å². The van der Waals surface area contributed by atoms with E-state index >= 15 is 0 Å². The van der Waals surface area contributed by atoms with E-state index in [1.54, 1.807) is 0 Å². The van der Waals surface area contributed by atoms with Gasteiger partial charge in [-0.05, 0) is 62.6 Å². The highest BCUT2D eigenvalue weighted by Crippen LogP contribution is 2.41. The molecule has 1 saturated carbocycles. The SMILES string of the molecule is Cc1nc(C(=O)NC[C@H]2CC[C@H](S(C)(=O)=O)CC2)c(C#N)n1-c1ccc(CC(C)(C)C(F)(F)F)cc1OC(F)F. The molecule has 1 aliphatic carbocycles. The van der Waals surface area contributed by atoms with Crippen molar-refractivity contribution in [2.24, 2.45) is 11.3 Å². The van der Waals surface area contributed by atoms with Crippen LogP contribution in [0.15, 0.2) is 18.2 Å². The van der Waals surface area contributed by atoms with Gasteiger partial charge in [-0.2, -0.15) is 27.2 Å². The largest absolute Gasteiger partial charge is 0.433 e. The fraction of sp³-hybridized carbons (Fsp3) is 0.577. The first-order valence-corrected chi connectivity index (χ1v) is 14.5. The summed E-state index contributed by atoms with van der Waals surface area (Å²) in [6.45, 7) is 0.348. The summed E-state index contributed by atoms with van der Waals surface area (Å²) in [5, 5.41) is 12.2. The van der Waals surface area contributed by atoms with Gasteiger partial charge in [0.2, 0.25) is 0 Å². The average molecular weight is 591 g/mol. The molecule has 14 heteroatoms. The molecule has 8 nitrogen and oxygen atoms in total. The quantitative estimate of drug-likeness (QED) is 0.406. The monoisotopic (exact) mass is 590 g/mol. The average Bonchev–Trinajstić information content (AvgIpc) is 3.17. The van der Waals surface area contributed by atoms with Crippen LogP contribution in [0.4, 0.5) is 22.0 Å². The van der Waals surface area contributed by atoms with Crippen molar-refractivity contribution in [3.05, 3.63) is 41.0 Å². The fourth-order valence-electron chi connectivity index (χ4n) is 4.83. The van der Waals surface area contributed by atoms with Crippen LogP contribution in [0.3, 0.4) is 0 Å². The molecule has 220 valence electrons. The van der Waals surface area contributed by atoms with Gasteiger partial charge in [0.15, 0.2) is 11.4 Å². The first kappa shape index (κ1) is 31.3. The number of nitrogens with zero attached hydrogens (tertiary/aromatic N) is 3. The Labute approximate surface area is 229 Å². The minimum atomic E-state index is -4.54. The smallest absolute Gasteiger partial charge is 0.394 e. The number of nitriles is 1. The third-order valence-electron chi connectivity index (χ3n) is 7.21. The summed E-state index contributed by atoms with van der Waals surface area (Å²) in [6.07, 6.45) is -1.68. The van der Waals surface area contributed by atoms with Crippen LogP contribution in [0.2, 0.25) is 0 Å². The van der Waals surface area contributed by atoms with Crippen LogP contribution < -0.4 is 10.1 Å². The van der Waals surface area contributed by atoms with Gasteiger partial charge in [0.25, 0.3) is 5.91 Å². The zero-order valence-corrected chi connectivity index (χ0v) is 23.3. The second-order valence-corrected chi connectivity index (χ2v) is 13.1. The Morgan fingerprint density at radius 3 is 2.38 bits per heavy atom. The maximum atomic E-state index is 13.4. The number of nitrogens with one attached hydrogen (secondary N) is 1. The van der Waals surface area contributed by atoms with E-state index in [9.17, 15) is 40.4 Å². The van der Waals surface area contributed by atoms with Gasteiger partial charge in [0.1, 0.15) is 27.5 Å².